The fraction of sp³-hybridized carbons (Fsp3) is 0.148. The number of methoxy groups -OCH3 is 3. The molecule has 0 bridgehead atoms. The lowest BCUT2D eigenvalue weighted by Gasteiger charge is -2.19. The summed E-state index contributed by atoms with van der Waals surface area (Å²) in [6, 6.07) is 21.9. The van der Waals surface area contributed by atoms with Crippen LogP contribution in [0.25, 0.3) is 22.2 Å². The first-order valence-electron chi connectivity index (χ1n) is 10.5. The minimum atomic E-state index is -0.220. The molecule has 7 nitrogen and oxygen atoms in total. The van der Waals surface area contributed by atoms with Gasteiger partial charge in [-0.15, -0.1) is 0 Å². The zero-order valence-electron chi connectivity index (χ0n) is 19.3. The Morgan fingerprint density at radius 2 is 1.62 bits per heavy atom. The fourth-order valence-electron chi connectivity index (χ4n) is 3.81. The maximum atomic E-state index is 13.6. The third-order valence-electron chi connectivity index (χ3n) is 5.57. The highest BCUT2D eigenvalue weighted by atomic mass is 16.5. The summed E-state index contributed by atoms with van der Waals surface area (Å²) >= 11 is 0. The molecule has 4 rings (SSSR count). The van der Waals surface area contributed by atoms with Gasteiger partial charge in [-0.25, -0.2) is 4.98 Å². The lowest BCUT2D eigenvalue weighted by molar-refractivity contribution is 0.0994. The summed E-state index contributed by atoms with van der Waals surface area (Å²) in [6.45, 7) is 0. The van der Waals surface area contributed by atoms with Gasteiger partial charge in [0.05, 0.1) is 49.7 Å². The van der Waals surface area contributed by atoms with Gasteiger partial charge in [0.15, 0.2) is 11.5 Å². The largest absolute Gasteiger partial charge is 0.493 e. The van der Waals surface area contributed by atoms with E-state index in [0.29, 0.717) is 50.8 Å². The minimum Gasteiger partial charge on any atom is -0.493 e. The number of rotatable bonds is 6. The highest BCUT2D eigenvalue weighted by molar-refractivity contribution is 6.14. The number of amides is 1. The van der Waals surface area contributed by atoms with Gasteiger partial charge in [0.2, 0.25) is 5.75 Å². The van der Waals surface area contributed by atoms with E-state index in [4.69, 9.17) is 19.2 Å². The van der Waals surface area contributed by atoms with Gasteiger partial charge >= 0.3 is 0 Å². The second-order valence-corrected chi connectivity index (χ2v) is 7.51. The summed E-state index contributed by atoms with van der Waals surface area (Å²) in [7, 11) is 6.33. The average Bonchev–Trinajstić information content (AvgIpc) is 2.90. The standard InChI is InChI=1S/C27H23N3O4/c1-30(19-9-7-8-17(12-19)16-28)27(31)21-15-23(29-22-11-6-5-10-20(21)22)18-13-24(32-2)26(34-4)25(14-18)33-3/h5-15H,1-4H3. The quantitative estimate of drug-likeness (QED) is 0.405. The molecule has 0 aliphatic rings. The van der Waals surface area contributed by atoms with Crippen LogP contribution >= 0.6 is 0 Å². The number of benzene rings is 3. The van der Waals surface area contributed by atoms with E-state index >= 15 is 0 Å². The van der Waals surface area contributed by atoms with Gasteiger partial charge in [0, 0.05) is 23.7 Å². The van der Waals surface area contributed by atoms with Crippen molar-refractivity contribution in [1.29, 1.82) is 5.26 Å². The molecule has 0 spiro atoms. The summed E-state index contributed by atoms with van der Waals surface area (Å²) in [6.07, 6.45) is 0. The first-order chi connectivity index (χ1) is 16.5. The Morgan fingerprint density at radius 3 is 2.26 bits per heavy atom. The van der Waals surface area contributed by atoms with E-state index in [-0.39, 0.29) is 5.91 Å². The molecule has 7 heteroatoms. The number of ether oxygens (including phenoxy) is 3. The van der Waals surface area contributed by atoms with Crippen LogP contribution in [-0.2, 0) is 0 Å². The number of anilines is 1. The van der Waals surface area contributed by atoms with E-state index in [2.05, 4.69) is 6.07 Å². The predicted molar refractivity (Wildman–Crippen MR) is 131 cm³/mol. The maximum absolute atomic E-state index is 13.6. The van der Waals surface area contributed by atoms with Gasteiger partial charge in [0.1, 0.15) is 0 Å². The van der Waals surface area contributed by atoms with Gasteiger partial charge in [-0.2, -0.15) is 5.26 Å². The topological polar surface area (TPSA) is 84.7 Å². The second-order valence-electron chi connectivity index (χ2n) is 7.51. The highest BCUT2D eigenvalue weighted by Gasteiger charge is 2.21. The van der Waals surface area contributed by atoms with Crippen LogP contribution in [0.5, 0.6) is 17.2 Å². The van der Waals surface area contributed by atoms with E-state index in [1.54, 1.807) is 70.8 Å². The van der Waals surface area contributed by atoms with Crippen molar-refractivity contribution in [2.75, 3.05) is 33.3 Å². The smallest absolute Gasteiger partial charge is 0.258 e. The number of hydrogen-bond donors (Lipinski definition) is 0. The molecule has 4 aromatic rings. The maximum Gasteiger partial charge on any atom is 0.258 e. The Kier molecular flexibility index (Phi) is 6.33. The summed E-state index contributed by atoms with van der Waals surface area (Å²) in [4.78, 5) is 20.0. The van der Waals surface area contributed by atoms with Crippen molar-refractivity contribution in [2.24, 2.45) is 0 Å². The van der Waals surface area contributed by atoms with Gasteiger partial charge in [-0.3, -0.25) is 4.79 Å². The van der Waals surface area contributed by atoms with Crippen LogP contribution in [0.1, 0.15) is 15.9 Å². The average molecular weight is 453 g/mol. The van der Waals surface area contributed by atoms with Crippen LogP contribution in [-0.4, -0.2) is 39.3 Å². The molecule has 1 amide bonds. The molecule has 0 radical (unpaired) electrons. The molecule has 1 aromatic heterocycles. The normalized spacial score (nSPS) is 10.4. The fourth-order valence-corrected chi connectivity index (χ4v) is 3.81. The molecular weight excluding hydrogens is 430 g/mol. The zero-order valence-corrected chi connectivity index (χ0v) is 19.3. The Bertz CT molecular complexity index is 1400. The molecule has 0 atom stereocenters. The SMILES string of the molecule is COc1cc(-c2cc(C(=O)N(C)c3cccc(C#N)c3)c3ccccc3n2)cc(OC)c1OC. The molecule has 0 aliphatic heterocycles. The number of hydrogen-bond acceptors (Lipinski definition) is 6. The van der Waals surface area contributed by atoms with Crippen LogP contribution in [0.3, 0.4) is 0 Å². The third-order valence-corrected chi connectivity index (χ3v) is 5.57. The first kappa shape index (κ1) is 22.6. The van der Waals surface area contributed by atoms with Crippen molar-refractivity contribution in [3.05, 3.63) is 77.9 Å². The zero-order chi connectivity index (χ0) is 24.2. The minimum absolute atomic E-state index is 0.220. The van der Waals surface area contributed by atoms with Crippen molar-refractivity contribution in [3.8, 4) is 34.6 Å². The molecule has 0 saturated heterocycles. The lowest BCUT2D eigenvalue weighted by Crippen LogP contribution is -2.26. The number of aromatic nitrogens is 1. The molecule has 0 N–H and O–H groups in total. The van der Waals surface area contributed by atoms with Crippen molar-refractivity contribution >= 4 is 22.5 Å². The van der Waals surface area contributed by atoms with Crippen molar-refractivity contribution < 1.29 is 19.0 Å². The van der Waals surface area contributed by atoms with Crippen LogP contribution in [0.15, 0.2) is 66.7 Å². The van der Waals surface area contributed by atoms with E-state index in [0.717, 1.165) is 5.39 Å². The number of carbonyl (C=O) groups is 1. The number of pyridine rings is 1. The van der Waals surface area contributed by atoms with E-state index < -0.39 is 0 Å². The second kappa shape index (κ2) is 9.51. The Morgan fingerprint density at radius 1 is 0.912 bits per heavy atom. The molecule has 170 valence electrons. The van der Waals surface area contributed by atoms with Crippen molar-refractivity contribution in [1.82, 2.24) is 4.98 Å². The monoisotopic (exact) mass is 453 g/mol. The number of nitriles is 1. The summed E-state index contributed by atoms with van der Waals surface area (Å²) in [5.74, 6) is 1.24. The summed E-state index contributed by atoms with van der Waals surface area (Å²) in [5, 5.41) is 9.96. The number of nitrogens with zero attached hydrogens (tertiary/aromatic N) is 3. The van der Waals surface area contributed by atoms with Crippen LogP contribution in [0.4, 0.5) is 5.69 Å². The molecule has 1 heterocycles. The Balaban J connectivity index is 1.88. The molecule has 3 aromatic carbocycles. The van der Waals surface area contributed by atoms with Crippen LogP contribution < -0.4 is 19.1 Å². The van der Waals surface area contributed by atoms with Crippen LogP contribution in [0, 0.1) is 11.3 Å². The van der Waals surface area contributed by atoms with Gasteiger partial charge in [0.25, 0.3) is 5.91 Å². The number of carbonyl (C=O) groups excluding carboxylic acids is 1. The van der Waals surface area contributed by atoms with Crippen molar-refractivity contribution in [2.45, 2.75) is 0 Å². The number of fused-ring (bicyclic) bond motifs is 1. The van der Waals surface area contributed by atoms with E-state index in [1.807, 2.05) is 24.3 Å². The van der Waals surface area contributed by atoms with Crippen molar-refractivity contribution in [3.63, 3.8) is 0 Å². The van der Waals surface area contributed by atoms with E-state index in [1.165, 1.54) is 4.90 Å². The van der Waals surface area contributed by atoms with E-state index in [9.17, 15) is 10.1 Å². The molecule has 34 heavy (non-hydrogen) atoms. The van der Waals surface area contributed by atoms with Gasteiger partial charge in [-0.1, -0.05) is 24.3 Å². The molecular formula is C27H23N3O4. The predicted octanol–water partition coefficient (Wildman–Crippen LogP) is 5.08. The summed E-state index contributed by atoms with van der Waals surface area (Å²) < 4.78 is 16.4. The third kappa shape index (κ3) is 4.09. The van der Waals surface area contributed by atoms with Gasteiger partial charge < -0.3 is 19.1 Å². The summed E-state index contributed by atoms with van der Waals surface area (Å²) in [5.41, 5.74) is 3.56. The Labute approximate surface area is 197 Å². The van der Waals surface area contributed by atoms with Gasteiger partial charge in [-0.05, 0) is 42.5 Å². The highest BCUT2D eigenvalue weighted by Crippen LogP contribution is 2.41. The molecule has 0 unspecified atom stereocenters. The molecule has 0 saturated carbocycles. The first-order valence-corrected chi connectivity index (χ1v) is 10.5. The molecule has 0 fully saturated rings. The van der Waals surface area contributed by atoms with Crippen LogP contribution in [0.2, 0.25) is 0 Å². The lowest BCUT2D eigenvalue weighted by atomic mass is 10.0. The number of para-hydroxylation sites is 1. The Hall–Kier alpha value is -4.57. The molecule has 0 aliphatic carbocycles.